The normalized spacial score (nSPS) is 15.1. The number of piperidine rings is 1. The summed E-state index contributed by atoms with van der Waals surface area (Å²) in [6.45, 7) is 4.84. The average molecular weight is 550 g/mol. The molecule has 3 aromatic carbocycles. The molecule has 1 fully saturated rings. The minimum absolute atomic E-state index is 0.0620. The molecule has 206 valence electrons. The molecule has 0 unspecified atom stereocenters. The van der Waals surface area contributed by atoms with Crippen LogP contribution in [0.4, 0.5) is 4.39 Å². The lowest BCUT2D eigenvalue weighted by Gasteiger charge is -2.47. The molecule has 0 spiro atoms. The Balaban J connectivity index is 1.52. The van der Waals surface area contributed by atoms with E-state index in [1.165, 1.54) is 17.7 Å². The standard InChI is InChI=1S/C32H37ClFN3O2/c1-2-30(38)37(24-27-11-6-12-28(33)22-27)32(31(39)35-18-14-26-10-7-13-29(34)23-26)16-20-36(21-17-32)19-15-25-8-4-3-5-9-25/h3-13,22-23H,2,14-21,24H2,1H3,(H,35,39). The first-order valence-electron chi connectivity index (χ1n) is 13.7. The van der Waals surface area contributed by atoms with E-state index >= 15 is 0 Å². The third-order valence-electron chi connectivity index (χ3n) is 7.60. The van der Waals surface area contributed by atoms with Gasteiger partial charge in [-0.2, -0.15) is 0 Å². The lowest BCUT2D eigenvalue weighted by atomic mass is 9.83. The second-order valence-corrected chi connectivity index (χ2v) is 10.6. The Morgan fingerprint density at radius 2 is 1.62 bits per heavy atom. The highest BCUT2D eigenvalue weighted by atomic mass is 35.5. The van der Waals surface area contributed by atoms with E-state index in [1.54, 1.807) is 17.0 Å². The fraction of sp³-hybridized carbons (Fsp3) is 0.375. The number of nitrogens with one attached hydrogen (secondary N) is 1. The summed E-state index contributed by atoms with van der Waals surface area (Å²) in [7, 11) is 0. The van der Waals surface area contributed by atoms with Crippen LogP contribution in [0.1, 0.15) is 42.9 Å². The maximum Gasteiger partial charge on any atom is 0.246 e. The summed E-state index contributed by atoms with van der Waals surface area (Å²) >= 11 is 6.25. The van der Waals surface area contributed by atoms with E-state index in [0.717, 1.165) is 24.1 Å². The van der Waals surface area contributed by atoms with E-state index in [1.807, 2.05) is 37.3 Å². The number of carbonyl (C=O) groups excluding carboxylic acids is 2. The van der Waals surface area contributed by atoms with Crippen LogP contribution in [0.25, 0.3) is 0 Å². The number of hydrogen-bond donors (Lipinski definition) is 1. The van der Waals surface area contributed by atoms with E-state index in [2.05, 4.69) is 34.5 Å². The molecule has 0 bridgehead atoms. The first-order valence-corrected chi connectivity index (χ1v) is 14.1. The van der Waals surface area contributed by atoms with Gasteiger partial charge in [0.15, 0.2) is 0 Å². The van der Waals surface area contributed by atoms with Crippen molar-refractivity contribution in [3.63, 3.8) is 0 Å². The molecule has 5 nitrogen and oxygen atoms in total. The molecule has 4 rings (SSSR count). The Bertz CT molecular complexity index is 1240. The third kappa shape index (κ3) is 7.68. The molecule has 0 saturated carbocycles. The molecular weight excluding hydrogens is 513 g/mol. The van der Waals surface area contributed by atoms with E-state index in [-0.39, 0.29) is 17.6 Å². The van der Waals surface area contributed by atoms with Gasteiger partial charge in [0.1, 0.15) is 11.4 Å². The summed E-state index contributed by atoms with van der Waals surface area (Å²) in [6.07, 6.45) is 2.84. The van der Waals surface area contributed by atoms with Gasteiger partial charge in [0.05, 0.1) is 0 Å². The summed E-state index contributed by atoms with van der Waals surface area (Å²) in [5.74, 6) is -0.502. The zero-order valence-corrected chi connectivity index (χ0v) is 23.3. The molecule has 39 heavy (non-hydrogen) atoms. The van der Waals surface area contributed by atoms with Crippen molar-refractivity contribution in [1.29, 1.82) is 0 Å². The molecule has 0 radical (unpaired) electrons. The van der Waals surface area contributed by atoms with Gasteiger partial charge in [-0.3, -0.25) is 9.59 Å². The second kappa shape index (κ2) is 13.7. The molecule has 1 saturated heterocycles. The molecule has 1 N–H and O–H groups in total. The molecule has 3 aromatic rings. The average Bonchev–Trinajstić information content (AvgIpc) is 2.95. The number of likely N-dealkylation sites (tertiary alicyclic amines) is 1. The SMILES string of the molecule is CCC(=O)N(Cc1cccc(Cl)c1)C1(C(=O)NCCc2cccc(F)c2)CCN(CCc2ccccc2)CC1. The Hall–Kier alpha value is -3.22. The fourth-order valence-electron chi connectivity index (χ4n) is 5.36. The molecule has 7 heteroatoms. The van der Waals surface area contributed by atoms with E-state index in [9.17, 15) is 14.0 Å². The van der Waals surface area contributed by atoms with Crippen LogP contribution in [0.5, 0.6) is 0 Å². The summed E-state index contributed by atoms with van der Waals surface area (Å²) in [5.41, 5.74) is 2.03. The number of carbonyl (C=O) groups is 2. The predicted molar refractivity (Wildman–Crippen MR) is 154 cm³/mol. The molecule has 1 aliphatic heterocycles. The lowest BCUT2D eigenvalue weighted by molar-refractivity contribution is -0.152. The summed E-state index contributed by atoms with van der Waals surface area (Å²) in [6, 6.07) is 24.3. The van der Waals surface area contributed by atoms with Crippen LogP contribution < -0.4 is 5.32 Å². The van der Waals surface area contributed by atoms with Crippen molar-refractivity contribution < 1.29 is 14.0 Å². The Morgan fingerprint density at radius 3 is 2.31 bits per heavy atom. The van der Waals surface area contributed by atoms with Gasteiger partial charge in [-0.25, -0.2) is 4.39 Å². The molecule has 0 aromatic heterocycles. The molecule has 2 amide bonds. The number of rotatable bonds is 11. The van der Waals surface area contributed by atoms with E-state index in [4.69, 9.17) is 11.6 Å². The van der Waals surface area contributed by atoms with Crippen LogP contribution in [-0.4, -0.2) is 53.3 Å². The highest BCUT2D eigenvalue weighted by Gasteiger charge is 2.47. The highest BCUT2D eigenvalue weighted by Crippen LogP contribution is 2.32. The van der Waals surface area contributed by atoms with Crippen LogP contribution >= 0.6 is 11.6 Å². The molecular formula is C32H37ClFN3O2. The monoisotopic (exact) mass is 549 g/mol. The van der Waals surface area contributed by atoms with Crippen molar-refractivity contribution in [2.45, 2.75) is 51.1 Å². The smallest absolute Gasteiger partial charge is 0.246 e. The zero-order valence-electron chi connectivity index (χ0n) is 22.5. The quantitative estimate of drug-likeness (QED) is 0.336. The highest BCUT2D eigenvalue weighted by molar-refractivity contribution is 6.30. The van der Waals surface area contributed by atoms with Gasteiger partial charge in [-0.1, -0.05) is 73.1 Å². The molecule has 1 heterocycles. The van der Waals surface area contributed by atoms with Gasteiger partial charge in [0.2, 0.25) is 11.8 Å². The third-order valence-corrected chi connectivity index (χ3v) is 7.84. The van der Waals surface area contributed by atoms with Crippen molar-refractivity contribution >= 4 is 23.4 Å². The van der Waals surface area contributed by atoms with E-state index < -0.39 is 5.54 Å². The van der Waals surface area contributed by atoms with Crippen LogP contribution in [0, 0.1) is 5.82 Å². The van der Waals surface area contributed by atoms with Crippen LogP contribution in [0.15, 0.2) is 78.9 Å². The largest absolute Gasteiger partial charge is 0.354 e. The maximum atomic E-state index is 14.0. The number of hydrogen-bond acceptors (Lipinski definition) is 3. The van der Waals surface area contributed by atoms with Gasteiger partial charge in [-0.15, -0.1) is 0 Å². The first-order chi connectivity index (χ1) is 18.9. The van der Waals surface area contributed by atoms with Crippen LogP contribution in [-0.2, 0) is 29.0 Å². The Morgan fingerprint density at radius 1 is 0.923 bits per heavy atom. The minimum Gasteiger partial charge on any atom is -0.354 e. The van der Waals surface area contributed by atoms with Crippen LogP contribution in [0.3, 0.4) is 0 Å². The van der Waals surface area contributed by atoms with Crippen molar-refractivity contribution in [1.82, 2.24) is 15.1 Å². The second-order valence-electron chi connectivity index (χ2n) is 10.2. The minimum atomic E-state index is -0.972. The maximum absolute atomic E-state index is 14.0. The zero-order chi connectivity index (χ0) is 27.7. The predicted octanol–water partition coefficient (Wildman–Crippen LogP) is 5.65. The number of amides is 2. The Labute approximate surface area is 236 Å². The van der Waals surface area contributed by atoms with Crippen molar-refractivity contribution in [2.75, 3.05) is 26.2 Å². The van der Waals surface area contributed by atoms with Crippen LogP contribution in [0.2, 0.25) is 5.02 Å². The van der Waals surface area contributed by atoms with Gasteiger partial charge in [0.25, 0.3) is 0 Å². The number of nitrogens with zero attached hydrogens (tertiary/aromatic N) is 2. The Kier molecular flexibility index (Phi) is 10.1. The summed E-state index contributed by atoms with van der Waals surface area (Å²) in [4.78, 5) is 31.5. The van der Waals surface area contributed by atoms with Gasteiger partial charge >= 0.3 is 0 Å². The summed E-state index contributed by atoms with van der Waals surface area (Å²) in [5, 5.41) is 3.69. The van der Waals surface area contributed by atoms with Gasteiger partial charge in [-0.05, 0) is 66.6 Å². The first kappa shape index (κ1) is 28.8. The number of halogens is 2. The van der Waals surface area contributed by atoms with Crippen molar-refractivity contribution in [3.8, 4) is 0 Å². The molecule has 1 aliphatic rings. The topological polar surface area (TPSA) is 52.7 Å². The van der Waals surface area contributed by atoms with Gasteiger partial charge in [0, 0.05) is 44.2 Å². The van der Waals surface area contributed by atoms with E-state index in [0.29, 0.717) is 56.9 Å². The van der Waals surface area contributed by atoms with Crippen molar-refractivity contribution in [3.05, 3.63) is 106 Å². The number of benzene rings is 3. The molecule has 0 aliphatic carbocycles. The molecule has 0 atom stereocenters. The lowest BCUT2D eigenvalue weighted by Crippen LogP contribution is -2.64. The van der Waals surface area contributed by atoms with Gasteiger partial charge < -0.3 is 15.1 Å². The fourth-order valence-corrected chi connectivity index (χ4v) is 5.58. The summed E-state index contributed by atoms with van der Waals surface area (Å²) < 4.78 is 13.6. The van der Waals surface area contributed by atoms with Crippen molar-refractivity contribution in [2.24, 2.45) is 0 Å².